The molecule has 1 rings (SSSR count). The van der Waals surface area contributed by atoms with Gasteiger partial charge < -0.3 is 9.47 Å². The van der Waals surface area contributed by atoms with E-state index in [1.165, 1.54) is 0 Å². The van der Waals surface area contributed by atoms with E-state index in [-0.39, 0.29) is 6.04 Å². The number of ether oxygens (including phenoxy) is 2. The molecule has 1 unspecified atom stereocenters. The maximum absolute atomic E-state index is 5.56. The Morgan fingerprint density at radius 3 is 3.00 bits per heavy atom. The molecular weight excluding hydrogens is 218 g/mol. The Morgan fingerprint density at radius 2 is 2.35 bits per heavy atom. The predicted octanol–water partition coefficient (Wildman–Crippen LogP) is 1.41. The van der Waals surface area contributed by atoms with Gasteiger partial charge in [0, 0.05) is 19.4 Å². The largest absolute Gasteiger partial charge is 0.495 e. The zero-order chi connectivity index (χ0) is 12.5. The molecule has 96 valence electrons. The van der Waals surface area contributed by atoms with Crippen LogP contribution in [0.15, 0.2) is 18.3 Å². The van der Waals surface area contributed by atoms with E-state index in [1.807, 2.05) is 19.1 Å². The van der Waals surface area contributed by atoms with Gasteiger partial charge in [0.15, 0.2) is 0 Å². The van der Waals surface area contributed by atoms with Gasteiger partial charge >= 0.3 is 0 Å². The van der Waals surface area contributed by atoms with Crippen molar-refractivity contribution in [3.05, 3.63) is 24.0 Å². The fraction of sp³-hybridized carbons (Fsp3) is 0.583. The molecule has 1 aromatic heterocycles. The van der Waals surface area contributed by atoms with Gasteiger partial charge in [0.1, 0.15) is 11.4 Å². The average molecular weight is 239 g/mol. The van der Waals surface area contributed by atoms with E-state index < -0.39 is 0 Å². The minimum absolute atomic E-state index is 0.00777. The molecule has 0 bridgehead atoms. The molecule has 5 heteroatoms. The second-order valence-corrected chi connectivity index (χ2v) is 3.65. The molecule has 3 N–H and O–H groups in total. The Hall–Kier alpha value is -1.17. The summed E-state index contributed by atoms with van der Waals surface area (Å²) in [5.41, 5.74) is 3.61. The highest BCUT2D eigenvalue weighted by molar-refractivity contribution is 5.29. The lowest BCUT2D eigenvalue weighted by Gasteiger charge is -2.17. The molecule has 0 saturated carbocycles. The van der Waals surface area contributed by atoms with Crippen molar-refractivity contribution in [3.8, 4) is 5.75 Å². The highest BCUT2D eigenvalue weighted by atomic mass is 16.5. The van der Waals surface area contributed by atoms with E-state index in [1.54, 1.807) is 13.3 Å². The number of nitrogens with one attached hydrogen (secondary N) is 1. The summed E-state index contributed by atoms with van der Waals surface area (Å²) in [5.74, 6) is 6.31. The highest BCUT2D eigenvalue weighted by Gasteiger charge is 2.15. The third-order valence-electron chi connectivity index (χ3n) is 2.54. The van der Waals surface area contributed by atoms with Crippen molar-refractivity contribution < 1.29 is 9.47 Å². The molecule has 0 aliphatic rings. The van der Waals surface area contributed by atoms with Gasteiger partial charge in [-0.05, 0) is 31.9 Å². The standard InChI is InChI=1S/C12H21N3O2/c1-3-17-9-5-6-10(15-13)12-11(16-2)7-4-8-14-12/h4,7-8,10,15H,3,5-6,9,13H2,1-2H3. The third-order valence-corrected chi connectivity index (χ3v) is 2.54. The van der Waals surface area contributed by atoms with Crippen molar-refractivity contribution in [3.63, 3.8) is 0 Å². The number of nitrogens with zero attached hydrogens (tertiary/aromatic N) is 1. The number of pyridine rings is 1. The van der Waals surface area contributed by atoms with Gasteiger partial charge in [0.05, 0.1) is 13.2 Å². The molecule has 17 heavy (non-hydrogen) atoms. The number of hydrogen-bond donors (Lipinski definition) is 2. The number of rotatable bonds is 8. The maximum atomic E-state index is 5.56. The Labute approximate surface area is 102 Å². The molecule has 0 aliphatic carbocycles. The monoisotopic (exact) mass is 239 g/mol. The summed E-state index contributed by atoms with van der Waals surface area (Å²) >= 11 is 0. The summed E-state index contributed by atoms with van der Waals surface area (Å²) in [6.07, 6.45) is 3.54. The van der Waals surface area contributed by atoms with Gasteiger partial charge in [-0.25, -0.2) is 0 Å². The van der Waals surface area contributed by atoms with Gasteiger partial charge in [-0.2, -0.15) is 0 Å². The van der Waals surface area contributed by atoms with E-state index in [2.05, 4.69) is 10.4 Å². The number of hydrogen-bond acceptors (Lipinski definition) is 5. The molecule has 5 nitrogen and oxygen atoms in total. The van der Waals surface area contributed by atoms with E-state index in [0.29, 0.717) is 0 Å². The van der Waals surface area contributed by atoms with Gasteiger partial charge in [0.25, 0.3) is 0 Å². The van der Waals surface area contributed by atoms with Gasteiger partial charge in [0.2, 0.25) is 0 Å². The first-order valence-electron chi connectivity index (χ1n) is 5.86. The Bertz CT molecular complexity index is 320. The predicted molar refractivity (Wildman–Crippen MR) is 66.6 cm³/mol. The second kappa shape index (κ2) is 8.00. The molecule has 0 aliphatic heterocycles. The average Bonchev–Trinajstić information content (AvgIpc) is 2.39. The molecule has 0 radical (unpaired) electrons. The van der Waals surface area contributed by atoms with Crippen LogP contribution in [0.2, 0.25) is 0 Å². The summed E-state index contributed by atoms with van der Waals surface area (Å²) in [6, 6.07) is 3.72. The summed E-state index contributed by atoms with van der Waals surface area (Å²) in [5, 5.41) is 0. The number of methoxy groups -OCH3 is 1. The van der Waals surface area contributed by atoms with Crippen LogP contribution >= 0.6 is 0 Å². The second-order valence-electron chi connectivity index (χ2n) is 3.65. The number of aromatic nitrogens is 1. The Balaban J connectivity index is 2.59. The SMILES string of the molecule is CCOCCCC(NN)c1ncccc1OC. The van der Waals surface area contributed by atoms with Crippen LogP contribution in [0.4, 0.5) is 0 Å². The molecule has 1 aromatic rings. The first kappa shape index (κ1) is 13.9. The quantitative estimate of drug-likeness (QED) is 0.408. The lowest BCUT2D eigenvalue weighted by Crippen LogP contribution is -2.29. The van der Waals surface area contributed by atoms with Crippen molar-refractivity contribution >= 4 is 0 Å². The molecule has 1 heterocycles. The van der Waals surface area contributed by atoms with Crippen molar-refractivity contribution in [1.82, 2.24) is 10.4 Å². The summed E-state index contributed by atoms with van der Waals surface area (Å²) < 4.78 is 10.6. The van der Waals surface area contributed by atoms with Crippen LogP contribution in [0.5, 0.6) is 5.75 Å². The Kier molecular flexibility index (Phi) is 6.54. The van der Waals surface area contributed by atoms with Gasteiger partial charge in [-0.1, -0.05) is 0 Å². The summed E-state index contributed by atoms with van der Waals surface area (Å²) in [6.45, 7) is 3.47. The van der Waals surface area contributed by atoms with Crippen LogP contribution < -0.4 is 16.0 Å². The minimum atomic E-state index is -0.00777. The number of hydrazine groups is 1. The maximum Gasteiger partial charge on any atom is 0.142 e. The van der Waals surface area contributed by atoms with Crippen molar-refractivity contribution in [2.45, 2.75) is 25.8 Å². The van der Waals surface area contributed by atoms with Crippen LogP contribution in [0, 0.1) is 0 Å². The van der Waals surface area contributed by atoms with E-state index in [9.17, 15) is 0 Å². The highest BCUT2D eigenvalue weighted by Crippen LogP contribution is 2.24. The molecule has 0 spiro atoms. The van der Waals surface area contributed by atoms with Crippen LogP contribution in [-0.4, -0.2) is 25.3 Å². The molecule has 0 aromatic carbocycles. The first-order chi connectivity index (χ1) is 8.33. The van der Waals surface area contributed by atoms with E-state index in [4.69, 9.17) is 15.3 Å². The number of nitrogens with two attached hydrogens (primary N) is 1. The first-order valence-corrected chi connectivity index (χ1v) is 5.86. The lowest BCUT2D eigenvalue weighted by atomic mass is 10.1. The summed E-state index contributed by atoms with van der Waals surface area (Å²) in [4.78, 5) is 4.31. The van der Waals surface area contributed by atoms with Crippen molar-refractivity contribution in [2.75, 3.05) is 20.3 Å². The van der Waals surface area contributed by atoms with Crippen LogP contribution in [0.25, 0.3) is 0 Å². The molecule has 0 saturated heterocycles. The van der Waals surface area contributed by atoms with Crippen LogP contribution in [0.3, 0.4) is 0 Å². The van der Waals surface area contributed by atoms with Crippen molar-refractivity contribution in [2.24, 2.45) is 5.84 Å². The van der Waals surface area contributed by atoms with Gasteiger partial charge in [-0.3, -0.25) is 16.3 Å². The van der Waals surface area contributed by atoms with E-state index >= 15 is 0 Å². The Morgan fingerprint density at radius 1 is 1.53 bits per heavy atom. The minimum Gasteiger partial charge on any atom is -0.495 e. The molecule has 0 amide bonds. The zero-order valence-electron chi connectivity index (χ0n) is 10.5. The molecule has 0 fully saturated rings. The van der Waals surface area contributed by atoms with E-state index in [0.717, 1.165) is 37.5 Å². The third kappa shape index (κ3) is 4.30. The fourth-order valence-corrected chi connectivity index (χ4v) is 1.67. The molecular formula is C12H21N3O2. The van der Waals surface area contributed by atoms with Gasteiger partial charge in [-0.15, -0.1) is 0 Å². The topological polar surface area (TPSA) is 69.4 Å². The normalized spacial score (nSPS) is 12.4. The van der Waals surface area contributed by atoms with Crippen LogP contribution in [-0.2, 0) is 4.74 Å². The van der Waals surface area contributed by atoms with Crippen molar-refractivity contribution in [1.29, 1.82) is 0 Å². The lowest BCUT2D eigenvalue weighted by molar-refractivity contribution is 0.140. The zero-order valence-corrected chi connectivity index (χ0v) is 10.5. The smallest absolute Gasteiger partial charge is 0.142 e. The van der Waals surface area contributed by atoms with Crippen LogP contribution in [0.1, 0.15) is 31.5 Å². The fourth-order valence-electron chi connectivity index (χ4n) is 1.67. The summed E-state index contributed by atoms with van der Waals surface area (Å²) in [7, 11) is 1.63. The molecule has 1 atom stereocenters.